The summed E-state index contributed by atoms with van der Waals surface area (Å²) in [6.45, 7) is 10.0. The Labute approximate surface area is 204 Å². The maximum atomic E-state index is 13.4. The highest BCUT2D eigenvalue weighted by Gasteiger charge is 2.37. The molecule has 1 unspecified atom stereocenters. The van der Waals surface area contributed by atoms with Crippen molar-refractivity contribution in [1.82, 2.24) is 15.2 Å². The van der Waals surface area contributed by atoms with Crippen molar-refractivity contribution in [2.45, 2.75) is 52.4 Å². The SMILES string of the molecule is CCC(=O)N1c2c(C)cc(C)cc2-c2nnc(SCC(C)C)nc2OC1c1ccccc1C#N. The molecule has 3 aromatic rings. The summed E-state index contributed by atoms with van der Waals surface area (Å²) >= 11 is 1.51. The Balaban J connectivity index is 1.99. The minimum absolute atomic E-state index is 0.124. The predicted octanol–water partition coefficient (Wildman–Crippen LogP) is 5.61. The number of aromatic nitrogens is 3. The minimum Gasteiger partial charge on any atom is -0.447 e. The summed E-state index contributed by atoms with van der Waals surface area (Å²) in [7, 11) is 0. The molecule has 0 radical (unpaired) electrons. The van der Waals surface area contributed by atoms with E-state index in [1.54, 1.807) is 17.0 Å². The largest absolute Gasteiger partial charge is 0.447 e. The number of hydrogen-bond donors (Lipinski definition) is 0. The molecule has 0 aliphatic carbocycles. The molecule has 0 N–H and O–H groups in total. The van der Waals surface area contributed by atoms with Crippen LogP contribution >= 0.6 is 11.8 Å². The van der Waals surface area contributed by atoms with Crippen molar-refractivity contribution in [2.24, 2.45) is 5.92 Å². The number of hydrogen-bond acceptors (Lipinski definition) is 7. The van der Waals surface area contributed by atoms with Crippen molar-refractivity contribution >= 4 is 23.4 Å². The van der Waals surface area contributed by atoms with Crippen molar-refractivity contribution in [1.29, 1.82) is 5.26 Å². The Morgan fingerprint density at radius 3 is 2.71 bits per heavy atom. The number of anilines is 1. The number of nitriles is 1. The second kappa shape index (κ2) is 9.82. The summed E-state index contributed by atoms with van der Waals surface area (Å²) in [4.78, 5) is 19.7. The Hall–Kier alpha value is -3.44. The van der Waals surface area contributed by atoms with Gasteiger partial charge in [-0.3, -0.25) is 9.69 Å². The van der Waals surface area contributed by atoms with E-state index in [9.17, 15) is 10.1 Å². The van der Waals surface area contributed by atoms with Crippen LogP contribution in [0.25, 0.3) is 11.3 Å². The quantitative estimate of drug-likeness (QED) is 0.445. The van der Waals surface area contributed by atoms with Gasteiger partial charge in [0.15, 0.2) is 5.69 Å². The van der Waals surface area contributed by atoms with Crippen LogP contribution in [-0.2, 0) is 4.79 Å². The molecule has 0 saturated carbocycles. The van der Waals surface area contributed by atoms with Gasteiger partial charge in [-0.25, -0.2) is 0 Å². The van der Waals surface area contributed by atoms with E-state index in [0.29, 0.717) is 39.5 Å². The third kappa shape index (κ3) is 4.48. The van der Waals surface area contributed by atoms with Crippen LogP contribution in [0.1, 0.15) is 55.7 Å². The standard InChI is InChI=1S/C26H27N5O2S/c1-6-21(32)31-23-17(5)11-16(4)12-20(23)22-24(28-26(30-29-22)34-14-15(2)3)33-25(31)19-10-8-7-9-18(19)13-27/h7-12,15,25H,6,14H2,1-5H3. The molecule has 0 spiro atoms. The molecule has 0 saturated heterocycles. The van der Waals surface area contributed by atoms with Crippen LogP contribution in [0.2, 0.25) is 0 Å². The molecule has 1 aliphatic heterocycles. The van der Waals surface area contributed by atoms with Crippen LogP contribution in [0.15, 0.2) is 41.6 Å². The molecule has 1 aromatic heterocycles. The van der Waals surface area contributed by atoms with E-state index in [1.807, 2.05) is 45.0 Å². The van der Waals surface area contributed by atoms with Gasteiger partial charge in [0.05, 0.1) is 17.3 Å². The maximum absolute atomic E-state index is 13.4. The normalized spacial score (nSPS) is 14.6. The third-order valence-electron chi connectivity index (χ3n) is 5.50. The molecule has 4 rings (SSSR count). The van der Waals surface area contributed by atoms with Gasteiger partial charge in [0.1, 0.15) is 0 Å². The molecule has 2 aromatic carbocycles. The van der Waals surface area contributed by atoms with E-state index in [-0.39, 0.29) is 12.3 Å². The number of amides is 1. The predicted molar refractivity (Wildman–Crippen MR) is 133 cm³/mol. The number of carbonyl (C=O) groups excluding carboxylic acids is 1. The summed E-state index contributed by atoms with van der Waals surface area (Å²) in [6, 6.07) is 13.4. The molecule has 174 valence electrons. The van der Waals surface area contributed by atoms with E-state index in [0.717, 1.165) is 22.4 Å². The molecule has 8 heteroatoms. The molecule has 0 bridgehead atoms. The van der Waals surface area contributed by atoms with Crippen molar-refractivity contribution in [3.63, 3.8) is 0 Å². The van der Waals surface area contributed by atoms with Gasteiger partial charge in [0.2, 0.25) is 23.2 Å². The Morgan fingerprint density at radius 2 is 2.00 bits per heavy atom. The van der Waals surface area contributed by atoms with Crippen molar-refractivity contribution in [3.05, 3.63) is 58.7 Å². The van der Waals surface area contributed by atoms with E-state index < -0.39 is 6.23 Å². The van der Waals surface area contributed by atoms with Crippen LogP contribution in [0.4, 0.5) is 5.69 Å². The zero-order chi connectivity index (χ0) is 24.4. The van der Waals surface area contributed by atoms with Gasteiger partial charge >= 0.3 is 0 Å². The number of carbonyl (C=O) groups is 1. The lowest BCUT2D eigenvalue weighted by Crippen LogP contribution is -2.38. The lowest BCUT2D eigenvalue weighted by Gasteiger charge is -2.32. The van der Waals surface area contributed by atoms with Gasteiger partial charge in [-0.15, -0.1) is 10.2 Å². The lowest BCUT2D eigenvalue weighted by molar-refractivity contribution is -0.120. The highest BCUT2D eigenvalue weighted by molar-refractivity contribution is 7.99. The van der Waals surface area contributed by atoms with Crippen LogP contribution in [0, 0.1) is 31.1 Å². The average molecular weight is 474 g/mol. The first kappa shape index (κ1) is 23.7. The first-order valence-electron chi connectivity index (χ1n) is 11.3. The Bertz CT molecular complexity index is 1280. The molecule has 2 heterocycles. The number of rotatable bonds is 5. The fourth-order valence-electron chi connectivity index (χ4n) is 4.03. The second-order valence-corrected chi connectivity index (χ2v) is 9.70. The number of ether oxygens (including phenoxy) is 1. The number of thioether (sulfide) groups is 1. The van der Waals surface area contributed by atoms with Crippen LogP contribution in [0.5, 0.6) is 5.88 Å². The molecule has 0 fully saturated rings. The van der Waals surface area contributed by atoms with Crippen molar-refractivity contribution < 1.29 is 9.53 Å². The fourth-order valence-corrected chi connectivity index (χ4v) is 4.76. The second-order valence-electron chi connectivity index (χ2n) is 8.72. The summed E-state index contributed by atoms with van der Waals surface area (Å²) in [6.07, 6.45) is -0.601. The first-order chi connectivity index (χ1) is 16.3. The van der Waals surface area contributed by atoms with Crippen LogP contribution in [0.3, 0.4) is 0 Å². The third-order valence-corrected chi connectivity index (χ3v) is 6.76. The number of fused-ring (bicyclic) bond motifs is 3. The highest BCUT2D eigenvalue weighted by Crippen LogP contribution is 2.46. The molecule has 1 aliphatic rings. The van der Waals surface area contributed by atoms with Crippen LogP contribution in [-0.4, -0.2) is 26.8 Å². The molecule has 1 amide bonds. The highest BCUT2D eigenvalue weighted by atomic mass is 32.2. The zero-order valence-corrected chi connectivity index (χ0v) is 20.8. The lowest BCUT2D eigenvalue weighted by atomic mass is 9.99. The van der Waals surface area contributed by atoms with E-state index in [2.05, 4.69) is 30.1 Å². The topological polar surface area (TPSA) is 92.0 Å². The Morgan fingerprint density at radius 1 is 1.24 bits per heavy atom. The van der Waals surface area contributed by atoms with Crippen molar-refractivity contribution in [2.75, 3.05) is 10.7 Å². The average Bonchev–Trinajstić information content (AvgIpc) is 2.96. The fraction of sp³-hybridized carbons (Fsp3) is 0.346. The molecule has 1 atom stereocenters. The van der Waals surface area contributed by atoms with Gasteiger partial charge in [0.25, 0.3) is 0 Å². The van der Waals surface area contributed by atoms with Crippen LogP contribution < -0.4 is 9.64 Å². The van der Waals surface area contributed by atoms with E-state index in [1.165, 1.54) is 11.8 Å². The van der Waals surface area contributed by atoms with Gasteiger partial charge in [-0.1, -0.05) is 62.4 Å². The molecular formula is C26H27N5O2S. The van der Waals surface area contributed by atoms with Gasteiger partial charge in [-0.05, 0) is 37.5 Å². The van der Waals surface area contributed by atoms with Gasteiger partial charge < -0.3 is 4.74 Å². The monoisotopic (exact) mass is 473 g/mol. The molecular weight excluding hydrogens is 446 g/mol. The maximum Gasteiger partial charge on any atom is 0.247 e. The van der Waals surface area contributed by atoms with E-state index in [4.69, 9.17) is 9.72 Å². The Kier molecular flexibility index (Phi) is 6.85. The van der Waals surface area contributed by atoms with Gasteiger partial charge in [-0.2, -0.15) is 10.2 Å². The molecule has 7 nitrogen and oxygen atoms in total. The number of aryl methyl sites for hydroxylation is 2. The number of benzene rings is 2. The summed E-state index contributed by atoms with van der Waals surface area (Å²) in [5.41, 5.74) is 4.91. The minimum atomic E-state index is -0.871. The summed E-state index contributed by atoms with van der Waals surface area (Å²) in [5, 5.41) is 19.2. The van der Waals surface area contributed by atoms with E-state index >= 15 is 0 Å². The first-order valence-corrected chi connectivity index (χ1v) is 12.3. The van der Waals surface area contributed by atoms with Gasteiger partial charge in [0, 0.05) is 23.3 Å². The molecule has 34 heavy (non-hydrogen) atoms. The summed E-state index contributed by atoms with van der Waals surface area (Å²) < 4.78 is 6.47. The van der Waals surface area contributed by atoms with Crippen molar-refractivity contribution in [3.8, 4) is 23.2 Å². The summed E-state index contributed by atoms with van der Waals surface area (Å²) in [5.74, 6) is 1.49. The zero-order valence-electron chi connectivity index (χ0n) is 20.0. The number of nitrogens with zero attached hydrogens (tertiary/aromatic N) is 5. The smallest absolute Gasteiger partial charge is 0.247 e.